The summed E-state index contributed by atoms with van der Waals surface area (Å²) < 4.78 is 5.99. The number of phenolic OH excluding ortho intramolecular Hbond substituents is 1. The van der Waals surface area contributed by atoms with Crippen LogP contribution in [0.3, 0.4) is 0 Å². The van der Waals surface area contributed by atoms with Gasteiger partial charge in [0.05, 0.1) is 0 Å². The van der Waals surface area contributed by atoms with Crippen LogP contribution in [0.2, 0.25) is 0 Å². The molecule has 3 aromatic rings. The van der Waals surface area contributed by atoms with E-state index >= 15 is 0 Å². The summed E-state index contributed by atoms with van der Waals surface area (Å²) in [5.41, 5.74) is 2.14. The van der Waals surface area contributed by atoms with Crippen molar-refractivity contribution < 1.29 is 9.84 Å². The first-order chi connectivity index (χ1) is 10.3. The second kappa shape index (κ2) is 4.70. The van der Waals surface area contributed by atoms with Gasteiger partial charge in [-0.15, -0.1) is 0 Å². The molecular weight excluding hydrogens is 262 g/mol. The molecule has 0 atom stereocenters. The fourth-order valence-electron chi connectivity index (χ4n) is 2.83. The van der Waals surface area contributed by atoms with E-state index in [-0.39, 0.29) is 5.75 Å². The van der Waals surface area contributed by atoms with E-state index in [0.717, 1.165) is 23.4 Å². The predicted octanol–water partition coefficient (Wildman–Crippen LogP) is 3.90. The Hall–Kier alpha value is -2.68. The second-order valence-electron chi connectivity index (χ2n) is 5.27. The molecule has 0 fully saturated rings. The van der Waals surface area contributed by atoms with E-state index in [1.54, 1.807) is 12.1 Å². The lowest BCUT2D eigenvalue weighted by Gasteiger charge is -2.31. The van der Waals surface area contributed by atoms with E-state index in [9.17, 15) is 5.11 Å². The summed E-state index contributed by atoms with van der Waals surface area (Å²) in [6.45, 7) is 1.27. The summed E-state index contributed by atoms with van der Waals surface area (Å²) in [4.78, 5) is 2.11. The molecular formula is C18H15NO2. The SMILES string of the molecule is Oc1cccc(N2COc3c(ccc4ccccc34)C2)c1. The van der Waals surface area contributed by atoms with Gasteiger partial charge in [0, 0.05) is 29.2 Å². The van der Waals surface area contributed by atoms with Crippen LogP contribution in [-0.2, 0) is 6.54 Å². The zero-order valence-electron chi connectivity index (χ0n) is 11.5. The smallest absolute Gasteiger partial charge is 0.161 e. The Morgan fingerprint density at radius 1 is 0.952 bits per heavy atom. The first kappa shape index (κ1) is 12.1. The molecule has 0 radical (unpaired) electrons. The number of fused-ring (bicyclic) bond motifs is 3. The van der Waals surface area contributed by atoms with Gasteiger partial charge in [-0.25, -0.2) is 0 Å². The summed E-state index contributed by atoms with van der Waals surface area (Å²) in [6, 6.07) is 19.8. The Morgan fingerprint density at radius 3 is 2.76 bits per heavy atom. The number of benzene rings is 3. The maximum Gasteiger partial charge on any atom is 0.161 e. The minimum Gasteiger partial charge on any atom is -0.508 e. The molecule has 1 aliphatic rings. The average molecular weight is 277 g/mol. The number of hydrogen-bond acceptors (Lipinski definition) is 3. The molecule has 4 rings (SSSR count). The van der Waals surface area contributed by atoms with Crippen molar-refractivity contribution in [2.45, 2.75) is 6.54 Å². The van der Waals surface area contributed by atoms with Crippen LogP contribution < -0.4 is 9.64 Å². The molecule has 1 heterocycles. The summed E-state index contributed by atoms with van der Waals surface area (Å²) >= 11 is 0. The Labute approximate surface area is 123 Å². The molecule has 0 amide bonds. The lowest BCUT2D eigenvalue weighted by Crippen LogP contribution is -2.31. The average Bonchev–Trinajstić information content (AvgIpc) is 2.54. The summed E-state index contributed by atoms with van der Waals surface area (Å²) in [7, 11) is 0. The van der Waals surface area contributed by atoms with Crippen LogP contribution in [-0.4, -0.2) is 11.8 Å². The number of anilines is 1. The van der Waals surface area contributed by atoms with Crippen molar-refractivity contribution in [3.05, 3.63) is 66.2 Å². The van der Waals surface area contributed by atoms with Crippen molar-refractivity contribution in [2.24, 2.45) is 0 Å². The summed E-state index contributed by atoms with van der Waals surface area (Å²) in [5, 5.41) is 12.0. The minimum atomic E-state index is 0.275. The van der Waals surface area contributed by atoms with Gasteiger partial charge in [-0.05, 0) is 17.5 Å². The van der Waals surface area contributed by atoms with Crippen LogP contribution in [0.4, 0.5) is 5.69 Å². The topological polar surface area (TPSA) is 32.7 Å². The highest BCUT2D eigenvalue weighted by molar-refractivity contribution is 5.90. The van der Waals surface area contributed by atoms with Crippen LogP contribution in [0.25, 0.3) is 10.8 Å². The lowest BCUT2D eigenvalue weighted by molar-refractivity contribution is 0.293. The highest BCUT2D eigenvalue weighted by Crippen LogP contribution is 2.35. The third-order valence-corrected chi connectivity index (χ3v) is 3.88. The Kier molecular flexibility index (Phi) is 2.71. The van der Waals surface area contributed by atoms with E-state index < -0.39 is 0 Å². The van der Waals surface area contributed by atoms with Gasteiger partial charge >= 0.3 is 0 Å². The minimum absolute atomic E-state index is 0.275. The van der Waals surface area contributed by atoms with Crippen LogP contribution in [0.5, 0.6) is 11.5 Å². The normalized spacial score (nSPS) is 13.8. The van der Waals surface area contributed by atoms with Crippen molar-refractivity contribution >= 4 is 16.5 Å². The van der Waals surface area contributed by atoms with Crippen molar-refractivity contribution in [1.29, 1.82) is 0 Å². The molecule has 104 valence electrons. The van der Waals surface area contributed by atoms with Crippen LogP contribution in [0, 0.1) is 0 Å². The fraction of sp³-hybridized carbons (Fsp3) is 0.111. The number of hydrogen-bond donors (Lipinski definition) is 1. The molecule has 0 aromatic heterocycles. The van der Waals surface area contributed by atoms with E-state index in [0.29, 0.717) is 6.73 Å². The molecule has 0 saturated carbocycles. The van der Waals surface area contributed by atoms with E-state index in [1.807, 2.05) is 24.3 Å². The maximum atomic E-state index is 9.61. The number of aromatic hydroxyl groups is 1. The van der Waals surface area contributed by atoms with Crippen molar-refractivity contribution in [1.82, 2.24) is 0 Å². The van der Waals surface area contributed by atoms with Crippen molar-refractivity contribution in [3.8, 4) is 11.5 Å². The molecule has 0 bridgehead atoms. The van der Waals surface area contributed by atoms with E-state index in [2.05, 4.69) is 29.2 Å². The van der Waals surface area contributed by atoms with Gasteiger partial charge in [0.25, 0.3) is 0 Å². The molecule has 3 nitrogen and oxygen atoms in total. The fourth-order valence-corrected chi connectivity index (χ4v) is 2.83. The lowest BCUT2D eigenvalue weighted by atomic mass is 10.0. The van der Waals surface area contributed by atoms with Gasteiger partial charge in [-0.1, -0.05) is 42.5 Å². The monoisotopic (exact) mass is 277 g/mol. The predicted molar refractivity (Wildman–Crippen MR) is 83.7 cm³/mol. The Balaban J connectivity index is 1.74. The quantitative estimate of drug-likeness (QED) is 0.732. The van der Waals surface area contributed by atoms with E-state index in [4.69, 9.17) is 4.74 Å². The second-order valence-corrected chi connectivity index (χ2v) is 5.27. The molecule has 21 heavy (non-hydrogen) atoms. The molecule has 1 aliphatic heterocycles. The Morgan fingerprint density at radius 2 is 1.86 bits per heavy atom. The third kappa shape index (κ3) is 2.07. The molecule has 3 aromatic carbocycles. The van der Waals surface area contributed by atoms with E-state index in [1.165, 1.54) is 10.9 Å². The number of phenols is 1. The summed E-state index contributed by atoms with van der Waals surface area (Å²) in [6.07, 6.45) is 0. The number of rotatable bonds is 1. The number of ether oxygens (including phenoxy) is 1. The highest BCUT2D eigenvalue weighted by Gasteiger charge is 2.19. The van der Waals surface area contributed by atoms with Crippen molar-refractivity contribution in [3.63, 3.8) is 0 Å². The van der Waals surface area contributed by atoms with Gasteiger partial charge in [-0.3, -0.25) is 0 Å². The molecule has 0 saturated heterocycles. The van der Waals surface area contributed by atoms with Gasteiger partial charge in [0.2, 0.25) is 0 Å². The van der Waals surface area contributed by atoms with Crippen molar-refractivity contribution in [2.75, 3.05) is 11.6 Å². The molecule has 0 spiro atoms. The van der Waals surface area contributed by atoms with Crippen LogP contribution >= 0.6 is 0 Å². The zero-order chi connectivity index (χ0) is 14.2. The molecule has 0 unspecified atom stereocenters. The summed E-state index contributed by atoms with van der Waals surface area (Å²) in [5.74, 6) is 1.25. The largest absolute Gasteiger partial charge is 0.508 e. The Bertz CT molecular complexity index is 813. The van der Waals surface area contributed by atoms with Gasteiger partial charge in [0.1, 0.15) is 11.5 Å². The molecule has 1 N–H and O–H groups in total. The van der Waals surface area contributed by atoms with Crippen LogP contribution in [0.1, 0.15) is 5.56 Å². The third-order valence-electron chi connectivity index (χ3n) is 3.88. The first-order valence-corrected chi connectivity index (χ1v) is 6.99. The van der Waals surface area contributed by atoms with Gasteiger partial charge in [0.15, 0.2) is 6.73 Å². The van der Waals surface area contributed by atoms with Crippen LogP contribution in [0.15, 0.2) is 60.7 Å². The first-order valence-electron chi connectivity index (χ1n) is 6.99. The molecule has 3 heteroatoms. The molecule has 0 aliphatic carbocycles. The number of nitrogens with zero attached hydrogens (tertiary/aromatic N) is 1. The zero-order valence-corrected chi connectivity index (χ0v) is 11.5. The highest BCUT2D eigenvalue weighted by atomic mass is 16.5. The van der Waals surface area contributed by atoms with Gasteiger partial charge in [-0.2, -0.15) is 0 Å². The van der Waals surface area contributed by atoms with Gasteiger partial charge < -0.3 is 14.7 Å². The standard InChI is InChI=1S/C18H15NO2/c20-16-6-3-5-15(10-16)19-11-14-9-8-13-4-1-2-7-17(13)18(14)21-12-19/h1-10,20H,11-12H2. The maximum absolute atomic E-state index is 9.61.